The fraction of sp³-hybridized carbons (Fsp3) is 0.519. The van der Waals surface area contributed by atoms with E-state index in [1.165, 1.54) is 0 Å². The Morgan fingerprint density at radius 1 is 1.03 bits per heavy atom. The fourth-order valence-corrected chi connectivity index (χ4v) is 8.72. The molecule has 8 heteroatoms. The second-order valence-electron chi connectivity index (χ2n) is 10.5. The molecule has 0 radical (unpaired) electrons. The lowest BCUT2D eigenvalue weighted by atomic mass is 9.74. The van der Waals surface area contributed by atoms with Crippen LogP contribution in [0.15, 0.2) is 42.5 Å². The molecule has 3 amide bonds. The van der Waals surface area contributed by atoms with Gasteiger partial charge in [0.2, 0.25) is 11.8 Å². The van der Waals surface area contributed by atoms with Crippen molar-refractivity contribution in [3.63, 3.8) is 0 Å². The van der Waals surface area contributed by atoms with Gasteiger partial charge >= 0.3 is 0 Å². The third-order valence-corrected chi connectivity index (χ3v) is 9.94. The van der Waals surface area contributed by atoms with Crippen molar-refractivity contribution in [2.75, 3.05) is 31.6 Å². The maximum absolute atomic E-state index is 14.5. The number of aliphatic hydroxyl groups excluding tert-OH is 1. The molecular weight excluding hydrogens is 462 g/mol. The smallest absolute Gasteiger partial charge is 0.251 e. The maximum atomic E-state index is 14.5. The van der Waals surface area contributed by atoms with Gasteiger partial charge in [0, 0.05) is 30.6 Å². The molecular formula is C27H33N3O4S. The van der Waals surface area contributed by atoms with Crippen LogP contribution in [0, 0.1) is 25.7 Å². The minimum absolute atomic E-state index is 0.0748. The van der Waals surface area contributed by atoms with Crippen molar-refractivity contribution >= 4 is 35.2 Å². The first-order chi connectivity index (χ1) is 16.6. The van der Waals surface area contributed by atoms with Crippen LogP contribution in [0.25, 0.3) is 0 Å². The van der Waals surface area contributed by atoms with Crippen LogP contribution >= 0.6 is 11.8 Å². The first-order valence-electron chi connectivity index (χ1n) is 12.2. The van der Waals surface area contributed by atoms with E-state index >= 15 is 0 Å². The third kappa shape index (κ3) is 3.25. The van der Waals surface area contributed by atoms with E-state index in [0.717, 1.165) is 16.8 Å². The lowest BCUT2D eigenvalue weighted by Gasteiger charge is -2.39. The molecule has 4 heterocycles. The van der Waals surface area contributed by atoms with Crippen molar-refractivity contribution in [3.05, 3.63) is 53.6 Å². The highest BCUT2D eigenvalue weighted by atomic mass is 32.2. The molecule has 0 saturated carbocycles. The summed E-state index contributed by atoms with van der Waals surface area (Å²) in [5, 5.41) is 10.1. The van der Waals surface area contributed by atoms with Crippen molar-refractivity contribution < 1.29 is 19.5 Å². The van der Waals surface area contributed by atoms with Crippen LogP contribution in [0.3, 0.4) is 0 Å². The number of fused-ring (bicyclic) bond motifs is 2. The largest absolute Gasteiger partial charge is 0.394 e. The molecule has 1 N–H and O–H groups in total. The zero-order valence-corrected chi connectivity index (χ0v) is 21.7. The van der Waals surface area contributed by atoms with Gasteiger partial charge in [-0.2, -0.15) is 0 Å². The maximum Gasteiger partial charge on any atom is 0.251 e. The molecule has 1 aromatic carbocycles. The number of nitrogens with zero attached hydrogens (tertiary/aromatic N) is 3. The molecule has 4 aliphatic rings. The molecule has 2 fully saturated rings. The molecule has 2 saturated heterocycles. The third-order valence-electron chi connectivity index (χ3n) is 8.14. The number of carbonyl (C=O) groups excluding carboxylic acids is 3. The predicted molar refractivity (Wildman–Crippen MR) is 137 cm³/mol. The summed E-state index contributed by atoms with van der Waals surface area (Å²) in [6, 6.07) is 4.57. The van der Waals surface area contributed by atoms with Gasteiger partial charge in [0.1, 0.15) is 6.04 Å². The van der Waals surface area contributed by atoms with Gasteiger partial charge in [-0.1, -0.05) is 42.5 Å². The van der Waals surface area contributed by atoms with E-state index in [4.69, 9.17) is 0 Å². The fourth-order valence-electron chi connectivity index (χ4n) is 6.58. The molecule has 6 atom stereocenters. The van der Waals surface area contributed by atoms with Gasteiger partial charge < -0.3 is 19.8 Å². The van der Waals surface area contributed by atoms with Gasteiger partial charge in [0.05, 0.1) is 29.2 Å². The Bertz CT molecular complexity index is 1140. The van der Waals surface area contributed by atoms with E-state index in [1.807, 2.05) is 63.3 Å². The summed E-state index contributed by atoms with van der Waals surface area (Å²) in [4.78, 5) is 47.2. The van der Waals surface area contributed by atoms with Gasteiger partial charge in [-0.15, -0.1) is 11.8 Å². The average Bonchev–Trinajstić information content (AvgIpc) is 3.10. The Labute approximate surface area is 210 Å². The van der Waals surface area contributed by atoms with Crippen LogP contribution in [-0.4, -0.2) is 80.9 Å². The molecule has 5 rings (SSSR count). The number of thioether (sulfide) groups is 1. The normalized spacial score (nSPS) is 35.1. The van der Waals surface area contributed by atoms with Gasteiger partial charge in [-0.25, -0.2) is 0 Å². The van der Waals surface area contributed by atoms with Gasteiger partial charge in [-0.3, -0.25) is 14.4 Å². The summed E-state index contributed by atoms with van der Waals surface area (Å²) in [7, 11) is 1.76. The van der Waals surface area contributed by atoms with Crippen LogP contribution in [0.5, 0.6) is 0 Å². The molecule has 186 valence electrons. The minimum Gasteiger partial charge on any atom is -0.394 e. The van der Waals surface area contributed by atoms with Crippen LogP contribution in [0.4, 0.5) is 5.69 Å². The van der Waals surface area contributed by atoms with E-state index in [1.54, 1.807) is 40.4 Å². The molecule has 1 aromatic rings. The van der Waals surface area contributed by atoms with Crippen LogP contribution in [0.2, 0.25) is 0 Å². The van der Waals surface area contributed by atoms with Crippen LogP contribution in [-0.2, 0) is 14.4 Å². The molecule has 0 aromatic heterocycles. The second kappa shape index (κ2) is 8.23. The van der Waals surface area contributed by atoms with Gasteiger partial charge in [-0.05, 0) is 38.8 Å². The highest BCUT2D eigenvalue weighted by Crippen LogP contribution is 2.65. The Kier molecular flexibility index (Phi) is 5.68. The van der Waals surface area contributed by atoms with Crippen molar-refractivity contribution in [1.29, 1.82) is 0 Å². The molecule has 4 aliphatic heterocycles. The number of anilines is 1. The summed E-state index contributed by atoms with van der Waals surface area (Å²) in [5.74, 6) is -1.75. The number of amides is 3. The Balaban J connectivity index is 1.70. The number of rotatable bonds is 3. The lowest BCUT2D eigenvalue weighted by molar-refractivity contribution is -0.144. The average molecular weight is 496 g/mol. The number of aliphatic hydroxyl groups is 1. The highest BCUT2D eigenvalue weighted by molar-refractivity contribution is 8.02. The Hall–Kier alpha value is -2.58. The van der Waals surface area contributed by atoms with Gasteiger partial charge in [0.25, 0.3) is 5.91 Å². The SMILES string of the molecule is Cc1cccc(C)c1N1CC=C[C@]23S[C@]4(C)C=CCN(C)C(=O)[C@@H]4[C@H]2C(=O)N([C@H](C)CO)C3C1=O. The number of hydrogen-bond donors (Lipinski definition) is 1. The predicted octanol–water partition coefficient (Wildman–Crippen LogP) is 2.30. The van der Waals surface area contributed by atoms with E-state index in [9.17, 15) is 19.5 Å². The number of likely N-dealkylation sites (tertiary alicyclic amines) is 1. The first kappa shape index (κ1) is 24.1. The lowest BCUT2D eigenvalue weighted by Crippen LogP contribution is -2.56. The molecule has 0 bridgehead atoms. The quantitative estimate of drug-likeness (QED) is 0.651. The van der Waals surface area contributed by atoms with E-state index < -0.39 is 33.4 Å². The number of aryl methyl sites for hydroxylation is 2. The van der Waals surface area contributed by atoms with Crippen molar-refractivity contribution in [1.82, 2.24) is 9.80 Å². The summed E-state index contributed by atoms with van der Waals surface area (Å²) in [6.45, 7) is 8.37. The standard InChI is InChI=1S/C27H33N3O4S/c1-16-9-6-10-17(2)21(16)29-14-8-12-27-20(24(33)30(18(3)15-31)22(27)25(29)34)19-23(32)28(5)13-7-11-26(19,4)35-27/h6-12,18-20,22,31H,13-15H2,1-5H3/t18-,19+,20+,22?,26-,27+/m1/s1. The highest BCUT2D eigenvalue weighted by Gasteiger charge is 2.74. The molecule has 7 nitrogen and oxygen atoms in total. The van der Waals surface area contributed by atoms with Crippen molar-refractivity contribution in [2.45, 2.75) is 49.3 Å². The number of likely N-dealkylation sites (N-methyl/N-ethyl adjacent to an activating group) is 1. The Morgan fingerprint density at radius 3 is 2.34 bits per heavy atom. The zero-order valence-electron chi connectivity index (χ0n) is 20.9. The number of hydrogen-bond acceptors (Lipinski definition) is 5. The number of para-hydroxylation sites is 1. The molecule has 0 aliphatic carbocycles. The molecule has 1 spiro atoms. The Morgan fingerprint density at radius 2 is 1.69 bits per heavy atom. The summed E-state index contributed by atoms with van der Waals surface area (Å²) < 4.78 is -1.52. The van der Waals surface area contributed by atoms with E-state index in [-0.39, 0.29) is 24.3 Å². The van der Waals surface area contributed by atoms with E-state index in [0.29, 0.717) is 13.1 Å². The van der Waals surface area contributed by atoms with Crippen LogP contribution < -0.4 is 4.90 Å². The minimum atomic E-state index is -0.902. The van der Waals surface area contributed by atoms with E-state index in [2.05, 4.69) is 0 Å². The topological polar surface area (TPSA) is 81.2 Å². The second-order valence-corrected chi connectivity index (χ2v) is 12.3. The summed E-state index contributed by atoms with van der Waals surface area (Å²) >= 11 is 1.56. The van der Waals surface area contributed by atoms with Crippen LogP contribution in [0.1, 0.15) is 25.0 Å². The van der Waals surface area contributed by atoms with Crippen molar-refractivity contribution in [2.24, 2.45) is 11.8 Å². The summed E-state index contributed by atoms with van der Waals surface area (Å²) in [5.41, 5.74) is 2.83. The molecule has 35 heavy (non-hydrogen) atoms. The van der Waals surface area contributed by atoms with Gasteiger partial charge in [0.15, 0.2) is 0 Å². The monoisotopic (exact) mass is 495 g/mol. The van der Waals surface area contributed by atoms with Crippen molar-refractivity contribution in [3.8, 4) is 0 Å². The summed E-state index contributed by atoms with van der Waals surface area (Å²) in [6.07, 6.45) is 8.03. The zero-order chi connectivity index (χ0) is 25.3. The number of benzene rings is 1. The first-order valence-corrected chi connectivity index (χ1v) is 13.0. The molecule has 1 unspecified atom stereocenters. The number of carbonyl (C=O) groups is 3.